The molecule has 1 atom stereocenters. The molecule has 244 valence electrons. The number of anilines is 1. The van der Waals surface area contributed by atoms with Crippen LogP contribution in [-0.4, -0.2) is 34.8 Å². The summed E-state index contributed by atoms with van der Waals surface area (Å²) in [7, 11) is 0. The van der Waals surface area contributed by atoms with Crippen molar-refractivity contribution < 1.29 is 28.7 Å². The minimum atomic E-state index is -0.701. The molecule has 0 spiro atoms. The lowest BCUT2D eigenvalue weighted by molar-refractivity contribution is -0.152. The maximum absolute atomic E-state index is 14.0. The maximum atomic E-state index is 14.0. The predicted molar refractivity (Wildman–Crippen MR) is 175 cm³/mol. The van der Waals surface area contributed by atoms with Crippen LogP contribution >= 0.6 is 11.3 Å². The van der Waals surface area contributed by atoms with Crippen LogP contribution in [0, 0.1) is 17.3 Å². The molecule has 2 amide bonds. The van der Waals surface area contributed by atoms with Gasteiger partial charge in [0.25, 0.3) is 0 Å². The van der Waals surface area contributed by atoms with Gasteiger partial charge in [0.1, 0.15) is 13.2 Å². The number of benzene rings is 2. The quantitative estimate of drug-likeness (QED) is 0.190. The van der Waals surface area contributed by atoms with Crippen LogP contribution in [0.2, 0.25) is 0 Å². The molecule has 2 fully saturated rings. The Morgan fingerprint density at radius 1 is 0.870 bits per heavy atom. The summed E-state index contributed by atoms with van der Waals surface area (Å²) in [6.45, 7) is 0.401. The number of rotatable bonds is 14. The van der Waals surface area contributed by atoms with Gasteiger partial charge in [-0.3, -0.25) is 19.2 Å². The van der Waals surface area contributed by atoms with E-state index in [4.69, 9.17) is 9.47 Å². The molecule has 46 heavy (non-hydrogen) atoms. The Kier molecular flexibility index (Phi) is 11.9. The standard InChI is InChI=1S/C36H43N3O6S/c40-31(39-35-37-21-22-46-35)18-15-29(33(42)45-25-27-11-5-2-6-12-27)23-36(19-7-8-20-36)34(43)38-30-16-13-28(14-17-30)32(41)44-24-26-9-3-1-4-10-26/h1-6,9-12,21-22,28-30H,7-8,13-20,23-25H2,(H,38,43)(H,37,39,40). The van der Waals surface area contributed by atoms with Crippen LogP contribution in [0.3, 0.4) is 0 Å². The van der Waals surface area contributed by atoms with Crippen molar-refractivity contribution in [2.75, 3.05) is 5.32 Å². The zero-order chi connectivity index (χ0) is 32.2. The average Bonchev–Trinajstić information content (AvgIpc) is 3.79. The first kappa shape index (κ1) is 33.3. The van der Waals surface area contributed by atoms with Gasteiger partial charge in [-0.2, -0.15) is 0 Å². The molecule has 1 heterocycles. The lowest BCUT2D eigenvalue weighted by atomic mass is 9.75. The highest BCUT2D eigenvalue weighted by atomic mass is 32.1. The van der Waals surface area contributed by atoms with Crippen molar-refractivity contribution in [3.05, 3.63) is 83.4 Å². The van der Waals surface area contributed by atoms with Gasteiger partial charge >= 0.3 is 11.9 Å². The molecule has 2 saturated carbocycles. The van der Waals surface area contributed by atoms with E-state index < -0.39 is 11.3 Å². The molecule has 10 heteroatoms. The topological polar surface area (TPSA) is 124 Å². The molecule has 0 radical (unpaired) electrons. The molecule has 2 aliphatic rings. The van der Waals surface area contributed by atoms with Gasteiger partial charge < -0.3 is 20.1 Å². The number of esters is 2. The maximum Gasteiger partial charge on any atom is 0.309 e. The second-order valence-electron chi connectivity index (χ2n) is 12.5. The molecule has 0 saturated heterocycles. The number of thiazole rings is 1. The van der Waals surface area contributed by atoms with Crippen LogP contribution in [0.1, 0.15) is 81.8 Å². The number of nitrogens with one attached hydrogen (secondary N) is 2. The van der Waals surface area contributed by atoms with Crippen molar-refractivity contribution in [2.45, 2.75) is 89.9 Å². The van der Waals surface area contributed by atoms with Crippen molar-refractivity contribution in [2.24, 2.45) is 17.3 Å². The molecule has 2 aromatic carbocycles. The molecule has 0 aliphatic heterocycles. The summed E-state index contributed by atoms with van der Waals surface area (Å²) >= 11 is 1.33. The van der Waals surface area contributed by atoms with E-state index in [2.05, 4.69) is 15.6 Å². The van der Waals surface area contributed by atoms with E-state index in [1.807, 2.05) is 60.7 Å². The Hall–Kier alpha value is -4.05. The van der Waals surface area contributed by atoms with Crippen molar-refractivity contribution in [1.82, 2.24) is 10.3 Å². The summed E-state index contributed by atoms with van der Waals surface area (Å²) in [6, 6.07) is 19.1. The Morgan fingerprint density at radius 3 is 2.11 bits per heavy atom. The first-order valence-electron chi connectivity index (χ1n) is 16.3. The molecule has 2 aliphatic carbocycles. The summed E-state index contributed by atoms with van der Waals surface area (Å²) in [5.41, 5.74) is 1.14. The molecule has 1 unspecified atom stereocenters. The van der Waals surface area contributed by atoms with E-state index in [9.17, 15) is 19.2 Å². The van der Waals surface area contributed by atoms with Gasteiger partial charge in [-0.25, -0.2) is 4.98 Å². The fourth-order valence-electron chi connectivity index (χ4n) is 6.63. The normalized spacial score (nSPS) is 19.5. The van der Waals surface area contributed by atoms with E-state index >= 15 is 0 Å². The van der Waals surface area contributed by atoms with Gasteiger partial charge in [-0.05, 0) is 62.5 Å². The molecule has 2 N–H and O–H groups in total. The summed E-state index contributed by atoms with van der Waals surface area (Å²) in [4.78, 5) is 57.0. The van der Waals surface area contributed by atoms with Gasteiger partial charge in [-0.15, -0.1) is 11.3 Å². The van der Waals surface area contributed by atoms with Crippen molar-refractivity contribution in [1.29, 1.82) is 0 Å². The number of ether oxygens (including phenoxy) is 2. The van der Waals surface area contributed by atoms with Gasteiger partial charge in [0.15, 0.2) is 5.13 Å². The molecule has 3 aromatic rings. The van der Waals surface area contributed by atoms with E-state index in [0.717, 1.165) is 24.0 Å². The molecular weight excluding hydrogens is 602 g/mol. The highest BCUT2D eigenvalue weighted by molar-refractivity contribution is 7.13. The number of carbonyl (C=O) groups excluding carboxylic acids is 4. The number of carbonyl (C=O) groups is 4. The van der Waals surface area contributed by atoms with E-state index in [1.54, 1.807) is 11.6 Å². The fraction of sp³-hybridized carbons (Fsp3) is 0.472. The number of amides is 2. The third kappa shape index (κ3) is 9.48. The second kappa shape index (κ2) is 16.5. The Morgan fingerprint density at radius 2 is 1.50 bits per heavy atom. The van der Waals surface area contributed by atoms with Crippen LogP contribution in [0.15, 0.2) is 72.2 Å². The van der Waals surface area contributed by atoms with Crippen LogP contribution in [0.5, 0.6) is 0 Å². The molecular formula is C36H43N3O6S. The van der Waals surface area contributed by atoms with Gasteiger partial charge in [0, 0.05) is 24.0 Å². The Balaban J connectivity index is 1.17. The SMILES string of the molecule is O=C(CCC(CC1(C(=O)NC2CCC(C(=O)OCc3ccccc3)CC2)CCCC1)C(=O)OCc1ccccc1)Nc1nccs1. The lowest BCUT2D eigenvalue weighted by Crippen LogP contribution is -2.47. The minimum absolute atomic E-state index is 0.0318. The first-order valence-corrected chi connectivity index (χ1v) is 17.2. The summed E-state index contributed by atoms with van der Waals surface area (Å²) in [5.74, 6) is -1.61. The van der Waals surface area contributed by atoms with Gasteiger partial charge in [-0.1, -0.05) is 73.5 Å². The predicted octanol–water partition coefficient (Wildman–Crippen LogP) is 6.59. The first-order chi connectivity index (χ1) is 22.4. The number of hydrogen-bond acceptors (Lipinski definition) is 8. The Labute approximate surface area is 274 Å². The zero-order valence-electron chi connectivity index (χ0n) is 26.2. The molecule has 5 rings (SSSR count). The van der Waals surface area contributed by atoms with Gasteiger partial charge in [0.05, 0.1) is 17.3 Å². The summed E-state index contributed by atoms with van der Waals surface area (Å²) in [6.07, 6.45) is 8.26. The monoisotopic (exact) mass is 645 g/mol. The largest absolute Gasteiger partial charge is 0.461 e. The van der Waals surface area contributed by atoms with E-state index in [-0.39, 0.29) is 61.8 Å². The molecule has 1 aromatic heterocycles. The van der Waals surface area contributed by atoms with Crippen LogP contribution in [0.25, 0.3) is 0 Å². The highest BCUT2D eigenvalue weighted by Gasteiger charge is 2.45. The lowest BCUT2D eigenvalue weighted by Gasteiger charge is -2.35. The second-order valence-corrected chi connectivity index (χ2v) is 13.4. The molecule has 9 nitrogen and oxygen atoms in total. The van der Waals surface area contributed by atoms with Crippen LogP contribution in [0.4, 0.5) is 5.13 Å². The highest BCUT2D eigenvalue weighted by Crippen LogP contribution is 2.45. The minimum Gasteiger partial charge on any atom is -0.461 e. The van der Waals surface area contributed by atoms with Crippen LogP contribution < -0.4 is 10.6 Å². The Bertz CT molecular complexity index is 1420. The third-order valence-electron chi connectivity index (χ3n) is 9.25. The van der Waals surface area contributed by atoms with Crippen molar-refractivity contribution in [3.8, 4) is 0 Å². The van der Waals surface area contributed by atoms with Crippen LogP contribution in [-0.2, 0) is 41.9 Å². The number of nitrogens with zero attached hydrogens (tertiary/aromatic N) is 1. The number of aromatic nitrogens is 1. The third-order valence-corrected chi connectivity index (χ3v) is 9.94. The van der Waals surface area contributed by atoms with Crippen molar-refractivity contribution >= 4 is 40.2 Å². The van der Waals surface area contributed by atoms with E-state index in [1.165, 1.54) is 11.3 Å². The summed E-state index contributed by atoms with van der Waals surface area (Å²) < 4.78 is 11.3. The fourth-order valence-corrected chi connectivity index (χ4v) is 7.17. The number of hydrogen-bond donors (Lipinski definition) is 2. The van der Waals surface area contributed by atoms with Gasteiger partial charge in [0.2, 0.25) is 11.8 Å². The van der Waals surface area contributed by atoms with E-state index in [0.29, 0.717) is 50.1 Å². The summed E-state index contributed by atoms with van der Waals surface area (Å²) in [5, 5.41) is 8.37. The zero-order valence-corrected chi connectivity index (χ0v) is 27.0. The smallest absolute Gasteiger partial charge is 0.309 e. The molecule has 0 bridgehead atoms. The van der Waals surface area contributed by atoms with Crippen molar-refractivity contribution in [3.63, 3.8) is 0 Å². The average molecular weight is 646 g/mol.